The van der Waals surface area contributed by atoms with Gasteiger partial charge >= 0.3 is 5.97 Å². The van der Waals surface area contributed by atoms with Gasteiger partial charge in [0.05, 0.1) is 0 Å². The van der Waals surface area contributed by atoms with Crippen molar-refractivity contribution in [2.24, 2.45) is 5.92 Å². The van der Waals surface area contributed by atoms with Crippen LogP contribution in [0.25, 0.3) is 0 Å². The van der Waals surface area contributed by atoms with Crippen LogP contribution in [0.5, 0.6) is 0 Å². The number of carboxylic acid groups (broad SMARTS) is 1. The van der Waals surface area contributed by atoms with Gasteiger partial charge in [-0.2, -0.15) is 0 Å². The molecule has 0 heterocycles. The summed E-state index contributed by atoms with van der Waals surface area (Å²) < 4.78 is 0. The summed E-state index contributed by atoms with van der Waals surface area (Å²) in [6.45, 7) is 2.09. The lowest BCUT2D eigenvalue weighted by atomic mass is 9.77. The Morgan fingerprint density at radius 1 is 1.19 bits per heavy atom. The van der Waals surface area contributed by atoms with Crippen LogP contribution < -0.4 is 5.32 Å². The number of hydrogen-bond acceptors (Lipinski definition) is 2. The molecule has 4 nitrogen and oxygen atoms in total. The van der Waals surface area contributed by atoms with Gasteiger partial charge in [0.25, 0.3) is 5.91 Å². The summed E-state index contributed by atoms with van der Waals surface area (Å²) in [5, 5.41) is 12.9. The van der Waals surface area contributed by atoms with Crippen molar-refractivity contribution in [3.8, 4) is 0 Å². The molecule has 1 fully saturated rings. The Labute approximate surface area is 133 Å². The maximum Gasteiger partial charge on any atom is 0.329 e. The molecule has 1 aromatic rings. The number of nitrogens with one attached hydrogen (secondary N) is 1. The van der Waals surface area contributed by atoms with Crippen molar-refractivity contribution in [2.75, 3.05) is 0 Å². The van der Waals surface area contributed by atoms with Gasteiger partial charge in [0.2, 0.25) is 0 Å². The molecule has 0 aliphatic heterocycles. The molecule has 0 saturated heterocycles. The van der Waals surface area contributed by atoms with Crippen LogP contribution in [0.15, 0.2) is 18.2 Å². The number of hydrogen-bond donors (Lipinski definition) is 2. The van der Waals surface area contributed by atoms with Crippen molar-refractivity contribution in [2.45, 2.75) is 38.1 Å². The monoisotopic (exact) mass is 329 g/mol. The molecule has 0 aromatic heterocycles. The maximum absolute atomic E-state index is 12.3. The first-order valence-corrected chi connectivity index (χ1v) is 7.60. The van der Waals surface area contributed by atoms with Gasteiger partial charge in [-0.15, -0.1) is 0 Å². The fraction of sp³-hybridized carbons (Fsp3) is 0.467. The average molecular weight is 330 g/mol. The fourth-order valence-corrected chi connectivity index (χ4v) is 3.15. The molecule has 1 aromatic carbocycles. The molecule has 0 spiro atoms. The summed E-state index contributed by atoms with van der Waals surface area (Å²) in [4.78, 5) is 23.9. The van der Waals surface area contributed by atoms with Crippen molar-refractivity contribution in [3.63, 3.8) is 0 Å². The molecular weight excluding hydrogens is 313 g/mol. The molecule has 6 heteroatoms. The molecule has 2 N–H and O–H groups in total. The van der Waals surface area contributed by atoms with Crippen LogP contribution in [0.3, 0.4) is 0 Å². The zero-order valence-electron chi connectivity index (χ0n) is 11.7. The van der Waals surface area contributed by atoms with E-state index in [0.717, 1.165) is 12.8 Å². The summed E-state index contributed by atoms with van der Waals surface area (Å²) in [6, 6.07) is 4.47. The number of aliphatic carboxylic acids is 1. The first kappa shape index (κ1) is 16.1. The van der Waals surface area contributed by atoms with E-state index in [1.54, 1.807) is 0 Å². The highest BCUT2D eigenvalue weighted by Crippen LogP contribution is 2.32. The van der Waals surface area contributed by atoms with E-state index >= 15 is 0 Å². The lowest BCUT2D eigenvalue weighted by Crippen LogP contribution is -2.56. The van der Waals surface area contributed by atoms with E-state index in [4.69, 9.17) is 23.2 Å². The summed E-state index contributed by atoms with van der Waals surface area (Å²) in [5.74, 6) is -0.970. The van der Waals surface area contributed by atoms with Gasteiger partial charge in [0.1, 0.15) is 5.54 Å². The van der Waals surface area contributed by atoms with Gasteiger partial charge in [-0.3, -0.25) is 4.79 Å². The Hall–Kier alpha value is -1.26. The topological polar surface area (TPSA) is 66.4 Å². The zero-order valence-corrected chi connectivity index (χ0v) is 13.2. The summed E-state index contributed by atoms with van der Waals surface area (Å²) in [5.41, 5.74) is -0.926. The van der Waals surface area contributed by atoms with Crippen molar-refractivity contribution in [1.29, 1.82) is 0 Å². The van der Waals surface area contributed by atoms with E-state index in [1.165, 1.54) is 18.2 Å². The Kier molecular flexibility index (Phi) is 4.79. The van der Waals surface area contributed by atoms with E-state index in [0.29, 0.717) is 28.8 Å². The Bertz CT molecular complexity index is 546. The first-order valence-electron chi connectivity index (χ1n) is 6.84. The minimum atomic E-state index is -1.20. The fourth-order valence-electron chi connectivity index (χ4n) is 2.62. The highest BCUT2D eigenvalue weighted by Gasteiger charge is 2.42. The smallest absolute Gasteiger partial charge is 0.329 e. The van der Waals surface area contributed by atoms with Crippen LogP contribution in [-0.4, -0.2) is 22.5 Å². The zero-order chi connectivity index (χ0) is 15.6. The number of carboxylic acids is 1. The van der Waals surface area contributed by atoms with E-state index in [-0.39, 0.29) is 5.56 Å². The van der Waals surface area contributed by atoms with E-state index < -0.39 is 17.4 Å². The van der Waals surface area contributed by atoms with Crippen LogP contribution >= 0.6 is 23.2 Å². The predicted molar refractivity (Wildman–Crippen MR) is 81.9 cm³/mol. The van der Waals surface area contributed by atoms with Gasteiger partial charge in [-0.1, -0.05) is 30.1 Å². The van der Waals surface area contributed by atoms with Crippen LogP contribution in [0, 0.1) is 5.92 Å². The standard InChI is InChI=1S/C15H17Cl2NO3/c1-9-2-4-15(5-3-9,14(20)21)18-13(19)10-6-11(16)8-12(17)7-10/h6-9H,2-5H2,1H3,(H,18,19)(H,20,21). The number of halogens is 2. The third kappa shape index (κ3) is 3.69. The second-order valence-corrected chi connectivity index (χ2v) is 6.55. The first-order chi connectivity index (χ1) is 9.82. The minimum Gasteiger partial charge on any atom is -0.480 e. The maximum atomic E-state index is 12.3. The third-order valence-electron chi connectivity index (χ3n) is 4.01. The van der Waals surface area contributed by atoms with Crippen LogP contribution in [0.4, 0.5) is 0 Å². The normalized spacial score (nSPS) is 25.4. The lowest BCUT2D eigenvalue weighted by molar-refractivity contribution is -0.146. The van der Waals surface area contributed by atoms with Gasteiger partial charge in [0, 0.05) is 15.6 Å². The Morgan fingerprint density at radius 3 is 2.19 bits per heavy atom. The average Bonchev–Trinajstić information content (AvgIpc) is 2.40. The molecule has 1 aliphatic carbocycles. The highest BCUT2D eigenvalue weighted by atomic mass is 35.5. The van der Waals surface area contributed by atoms with Crippen LogP contribution in [0.2, 0.25) is 10.0 Å². The number of carbonyl (C=O) groups excluding carboxylic acids is 1. The van der Waals surface area contributed by atoms with Gasteiger partial charge in [-0.25, -0.2) is 4.79 Å². The predicted octanol–water partition coefficient (Wildman–Crippen LogP) is 3.76. The van der Waals surface area contributed by atoms with E-state index in [1.807, 2.05) is 0 Å². The molecule has 0 atom stereocenters. The largest absolute Gasteiger partial charge is 0.480 e. The third-order valence-corrected chi connectivity index (χ3v) is 4.45. The molecule has 1 saturated carbocycles. The molecule has 1 aliphatic rings. The molecular formula is C15H17Cl2NO3. The molecule has 114 valence electrons. The van der Waals surface area contributed by atoms with Crippen LogP contribution in [0.1, 0.15) is 43.0 Å². The molecule has 1 amide bonds. The van der Waals surface area contributed by atoms with Crippen LogP contribution in [-0.2, 0) is 4.79 Å². The minimum absolute atomic E-state index is 0.270. The number of carbonyl (C=O) groups is 2. The second kappa shape index (κ2) is 6.24. The second-order valence-electron chi connectivity index (χ2n) is 5.68. The van der Waals surface area contributed by atoms with Crippen molar-refractivity contribution >= 4 is 35.1 Å². The Morgan fingerprint density at radius 2 is 1.71 bits per heavy atom. The Balaban J connectivity index is 2.21. The molecule has 0 radical (unpaired) electrons. The SMILES string of the molecule is CC1CCC(NC(=O)c2cc(Cl)cc(Cl)c2)(C(=O)O)CC1. The number of rotatable bonds is 3. The summed E-state index contributed by atoms with van der Waals surface area (Å²) >= 11 is 11.7. The van der Waals surface area contributed by atoms with Crippen molar-refractivity contribution in [1.82, 2.24) is 5.32 Å². The molecule has 21 heavy (non-hydrogen) atoms. The highest BCUT2D eigenvalue weighted by molar-refractivity contribution is 6.35. The molecule has 2 rings (SSSR count). The molecule has 0 bridgehead atoms. The summed E-state index contributed by atoms with van der Waals surface area (Å²) in [7, 11) is 0. The number of benzene rings is 1. The quantitative estimate of drug-likeness (QED) is 0.887. The van der Waals surface area contributed by atoms with E-state index in [2.05, 4.69) is 12.2 Å². The summed E-state index contributed by atoms with van der Waals surface area (Å²) in [6.07, 6.45) is 2.43. The van der Waals surface area contributed by atoms with Gasteiger partial charge in [-0.05, 0) is 49.8 Å². The van der Waals surface area contributed by atoms with Crippen molar-refractivity contribution < 1.29 is 14.7 Å². The molecule has 0 unspecified atom stereocenters. The van der Waals surface area contributed by atoms with Crippen molar-refractivity contribution in [3.05, 3.63) is 33.8 Å². The van der Waals surface area contributed by atoms with Gasteiger partial charge < -0.3 is 10.4 Å². The van der Waals surface area contributed by atoms with E-state index in [9.17, 15) is 14.7 Å². The number of amides is 1. The van der Waals surface area contributed by atoms with Gasteiger partial charge in [0.15, 0.2) is 0 Å². The lowest BCUT2D eigenvalue weighted by Gasteiger charge is -2.36.